The predicted octanol–water partition coefficient (Wildman–Crippen LogP) is 9.11. The summed E-state index contributed by atoms with van der Waals surface area (Å²) in [6.45, 7) is 8.89. The van der Waals surface area contributed by atoms with Crippen molar-refractivity contribution in [2.24, 2.45) is 7.05 Å². The van der Waals surface area contributed by atoms with Gasteiger partial charge in [-0.05, 0) is 23.1 Å². The number of benzene rings is 6. The molecule has 0 radical (unpaired) electrons. The van der Waals surface area contributed by atoms with Crippen LogP contribution in [0.3, 0.4) is 0 Å². The van der Waals surface area contributed by atoms with Crippen LogP contribution in [-0.4, -0.2) is 30.5 Å². The summed E-state index contributed by atoms with van der Waals surface area (Å²) in [4.78, 5) is 11.8. The van der Waals surface area contributed by atoms with Gasteiger partial charge in [0.2, 0.25) is 0 Å². The number of hydrogen-bond donors (Lipinski definition) is 0. The van der Waals surface area contributed by atoms with Gasteiger partial charge in [-0.15, -0.1) is 0 Å². The van der Waals surface area contributed by atoms with Crippen molar-refractivity contribution in [3.8, 4) is 11.5 Å². The van der Waals surface area contributed by atoms with E-state index < -0.39 is 20.9 Å². The molecule has 0 aliphatic carbocycles. The van der Waals surface area contributed by atoms with E-state index >= 15 is 0 Å². The normalized spacial score (nSPS) is 13.5. The maximum Gasteiger partial charge on any atom is 0 e. The minimum absolute atomic E-state index is 0. The van der Waals surface area contributed by atoms with Crippen molar-refractivity contribution in [1.29, 1.82) is 0 Å². The van der Waals surface area contributed by atoms with E-state index in [2.05, 4.69) is 169 Å². The van der Waals surface area contributed by atoms with Crippen LogP contribution in [0.15, 0.2) is 127 Å². The topological polar surface area (TPSA) is 36.8 Å². The van der Waals surface area contributed by atoms with Gasteiger partial charge in [-0.2, -0.15) is 0 Å². The van der Waals surface area contributed by atoms with Crippen molar-refractivity contribution in [3.05, 3.63) is 152 Å². The van der Waals surface area contributed by atoms with Gasteiger partial charge in [0.15, 0.2) is 0 Å². The van der Waals surface area contributed by atoms with Gasteiger partial charge < -0.3 is 0 Å². The SMILES string of the molecule is Cn1c(N2c3[c-]c(Oc4[c-]c(N5[CH-]N(c6cccc(C(C)(C)C)c6)c6ccccc65)ccc4)ccc3[Te]c3ccccc32)nc2ccccc21.[Pt]. The van der Waals surface area contributed by atoms with Gasteiger partial charge in [0.1, 0.15) is 0 Å². The number of nitrogens with zero attached hydrogens (tertiary/aromatic N) is 5. The van der Waals surface area contributed by atoms with Crippen LogP contribution in [0, 0.1) is 18.8 Å². The number of hydrogen-bond acceptors (Lipinski definition) is 5. The smallest absolute Gasteiger partial charge is 0 e. The molecule has 256 valence electrons. The first-order chi connectivity index (χ1) is 24.3. The molecule has 0 saturated carbocycles. The van der Waals surface area contributed by atoms with E-state index in [-0.39, 0.29) is 26.5 Å². The van der Waals surface area contributed by atoms with Crippen LogP contribution >= 0.6 is 0 Å². The minimum Gasteiger partial charge on any atom is 0 e. The molecule has 0 bridgehead atoms. The Balaban J connectivity index is 0.00000374. The predicted molar refractivity (Wildman–Crippen MR) is 205 cm³/mol. The van der Waals surface area contributed by atoms with Crippen molar-refractivity contribution in [3.63, 3.8) is 0 Å². The Bertz CT molecular complexity index is 2420. The van der Waals surface area contributed by atoms with E-state index in [4.69, 9.17) is 9.72 Å². The van der Waals surface area contributed by atoms with E-state index in [1.165, 1.54) is 12.8 Å². The number of ether oxygens (including phenoxy) is 1. The molecular weight excluding hydrogens is 925 g/mol. The summed E-state index contributed by atoms with van der Waals surface area (Å²) < 4.78 is 11.4. The Morgan fingerprint density at radius 1 is 0.686 bits per heavy atom. The van der Waals surface area contributed by atoms with Crippen LogP contribution in [0.1, 0.15) is 26.3 Å². The van der Waals surface area contributed by atoms with Crippen molar-refractivity contribution in [1.82, 2.24) is 9.55 Å². The zero-order chi connectivity index (χ0) is 34.0. The standard InChI is InChI=1S/C43H34N5OTe.Pt/c1-43(2,3)29-13-11-14-30(25-29)46-28-47(37-20-8-7-19-36(37)46)31-15-12-16-32(26-31)49-33-23-24-41-39(27-33)48(38-21-9-10-22-40(38)50-41)42-44-34-17-5-6-18-35(34)45(42)4;/h5-25,28H,1-4H3;/q-3;. The van der Waals surface area contributed by atoms with Gasteiger partial charge >= 0.3 is 243 Å². The average Bonchev–Trinajstić information content (AvgIpc) is 3.68. The van der Waals surface area contributed by atoms with Crippen LogP contribution in [0.2, 0.25) is 0 Å². The van der Waals surface area contributed by atoms with Gasteiger partial charge in [0.25, 0.3) is 0 Å². The molecule has 51 heavy (non-hydrogen) atoms. The van der Waals surface area contributed by atoms with Crippen molar-refractivity contribution < 1.29 is 25.8 Å². The molecule has 2 aliphatic rings. The third kappa shape index (κ3) is 6.02. The molecule has 1 aromatic heterocycles. The molecule has 6 aromatic carbocycles. The van der Waals surface area contributed by atoms with Crippen LogP contribution in [0.4, 0.5) is 40.1 Å². The molecule has 0 unspecified atom stereocenters. The maximum atomic E-state index is 6.55. The average molecular weight is 959 g/mol. The molecule has 6 nitrogen and oxygen atoms in total. The molecule has 9 rings (SSSR count). The monoisotopic (exact) mass is 961 g/mol. The second-order valence-corrected chi connectivity index (χ2v) is 16.6. The number of anilines is 7. The minimum atomic E-state index is -0.632. The molecule has 8 heteroatoms. The number of rotatable bonds is 5. The fourth-order valence-corrected chi connectivity index (χ4v) is 9.57. The van der Waals surface area contributed by atoms with Crippen LogP contribution in [0.25, 0.3) is 11.0 Å². The molecule has 0 fully saturated rings. The van der Waals surface area contributed by atoms with Crippen molar-refractivity contribution in [2.75, 3.05) is 14.7 Å². The van der Waals surface area contributed by atoms with E-state index in [9.17, 15) is 0 Å². The number of aryl methyl sites for hydroxylation is 1. The third-order valence-electron chi connectivity index (χ3n) is 9.23. The summed E-state index contributed by atoms with van der Waals surface area (Å²) in [5, 5.41) is 0. The number of para-hydroxylation sites is 5. The Morgan fingerprint density at radius 2 is 1.39 bits per heavy atom. The van der Waals surface area contributed by atoms with E-state index in [0.717, 1.165) is 51.1 Å². The van der Waals surface area contributed by atoms with Gasteiger partial charge in [-0.25, -0.2) is 0 Å². The molecule has 7 aromatic rings. The van der Waals surface area contributed by atoms with Gasteiger partial charge in [-0.3, -0.25) is 0 Å². The molecule has 3 heterocycles. The van der Waals surface area contributed by atoms with Crippen LogP contribution in [-0.2, 0) is 33.5 Å². The molecule has 0 N–H and O–H groups in total. The van der Waals surface area contributed by atoms with Crippen molar-refractivity contribution >= 4 is 79.3 Å². The second-order valence-electron chi connectivity index (χ2n) is 13.5. The number of fused-ring (bicyclic) bond motifs is 4. The van der Waals surface area contributed by atoms with Gasteiger partial charge in [0.05, 0.1) is 0 Å². The molecule has 0 spiro atoms. The Kier molecular flexibility index (Phi) is 8.71. The molecule has 2 aliphatic heterocycles. The molecule has 0 amide bonds. The summed E-state index contributed by atoms with van der Waals surface area (Å²) >= 11 is -0.632. The Morgan fingerprint density at radius 3 is 2.20 bits per heavy atom. The number of aromatic nitrogens is 2. The van der Waals surface area contributed by atoms with E-state index in [0.29, 0.717) is 11.5 Å². The van der Waals surface area contributed by atoms with Crippen molar-refractivity contribution in [2.45, 2.75) is 26.2 Å². The first-order valence-electron chi connectivity index (χ1n) is 16.7. The Hall–Kier alpha value is -4.53. The summed E-state index contributed by atoms with van der Waals surface area (Å²) in [7, 11) is 2.08. The first-order valence-corrected chi connectivity index (χ1v) is 19.0. The van der Waals surface area contributed by atoms with Crippen LogP contribution in [0.5, 0.6) is 11.5 Å². The second kappa shape index (κ2) is 13.2. The quantitative estimate of drug-likeness (QED) is 0.127. The molecule has 0 atom stereocenters. The summed E-state index contributed by atoms with van der Waals surface area (Å²) in [6.07, 6.45) is 0. The third-order valence-corrected chi connectivity index (χ3v) is 12.4. The number of imidazole rings is 1. The van der Waals surface area contributed by atoms with Gasteiger partial charge in [-0.1, -0.05) is 39.0 Å². The maximum absolute atomic E-state index is 6.55. The fraction of sp³-hybridized carbons (Fsp3) is 0.116. The molecular formula is C43H34N5OPtTe-3. The Labute approximate surface area is 323 Å². The van der Waals surface area contributed by atoms with Crippen LogP contribution < -0.4 is 26.7 Å². The summed E-state index contributed by atoms with van der Waals surface area (Å²) in [5.41, 5.74) is 9.77. The molecule has 0 saturated heterocycles. The zero-order valence-corrected chi connectivity index (χ0v) is 33.2. The van der Waals surface area contributed by atoms with E-state index in [1.54, 1.807) is 0 Å². The summed E-state index contributed by atoms with van der Waals surface area (Å²) in [5.74, 6) is 2.12. The van der Waals surface area contributed by atoms with E-state index in [1.807, 2.05) is 24.3 Å². The summed E-state index contributed by atoms with van der Waals surface area (Å²) in [6, 6.07) is 51.7. The zero-order valence-electron chi connectivity index (χ0n) is 28.6. The fourth-order valence-electron chi connectivity index (χ4n) is 6.65. The first kappa shape index (κ1) is 33.6. The largest absolute Gasteiger partial charge is 0 e. The van der Waals surface area contributed by atoms with Gasteiger partial charge in [0, 0.05) is 21.1 Å².